The van der Waals surface area contributed by atoms with E-state index in [0.717, 1.165) is 0 Å². The van der Waals surface area contributed by atoms with Gasteiger partial charge in [0.2, 0.25) is 0 Å². The fourth-order valence-corrected chi connectivity index (χ4v) is 0.342. The highest BCUT2D eigenvalue weighted by Gasteiger charge is 1.65. The Morgan fingerprint density at radius 1 is 0.889 bits per heavy atom. The van der Waals surface area contributed by atoms with E-state index in [9.17, 15) is 0 Å². The maximum atomic E-state index is 4.11. The summed E-state index contributed by atoms with van der Waals surface area (Å²) >= 11 is 0. The van der Waals surface area contributed by atoms with Gasteiger partial charge in [0.05, 0.1) is 0 Å². The summed E-state index contributed by atoms with van der Waals surface area (Å²) in [5.74, 6) is 0. The van der Waals surface area contributed by atoms with Gasteiger partial charge in [0, 0.05) is 33.8 Å². The van der Waals surface area contributed by atoms with Gasteiger partial charge in [-0.1, -0.05) is 6.07 Å². The van der Waals surface area contributed by atoms with Gasteiger partial charge in [-0.3, -0.25) is 0 Å². The van der Waals surface area contributed by atoms with Gasteiger partial charge in [0.15, 0.2) is 12.4 Å². The monoisotopic (exact) mass is 229 g/mol. The van der Waals surface area contributed by atoms with Gasteiger partial charge in [0.1, 0.15) is 0 Å². The van der Waals surface area contributed by atoms with Crippen molar-refractivity contribution in [3.8, 4) is 0 Å². The van der Waals surface area contributed by atoms with E-state index < -0.39 is 0 Å². The maximum absolute atomic E-state index is 4.11. The van der Waals surface area contributed by atoms with Crippen molar-refractivity contribution in [3.05, 3.63) is 30.6 Å². The van der Waals surface area contributed by atoms with Crippen LogP contribution in [0.15, 0.2) is 30.6 Å². The molecule has 0 saturated heterocycles. The Morgan fingerprint density at radius 2 is 1.33 bits per heavy atom. The van der Waals surface area contributed by atoms with Crippen molar-refractivity contribution in [3.63, 3.8) is 0 Å². The van der Waals surface area contributed by atoms with E-state index in [1.807, 2.05) is 30.6 Å². The third-order valence-electron chi connectivity index (χ3n) is 0.607. The van der Waals surface area contributed by atoms with Crippen molar-refractivity contribution in [2.75, 3.05) is 0 Å². The molecule has 0 aliphatic rings. The molecule has 1 N–H and O–H groups in total. The van der Waals surface area contributed by atoms with Gasteiger partial charge in [-0.25, -0.2) is 4.98 Å². The lowest BCUT2D eigenvalue weighted by Crippen LogP contribution is -3.00. The summed E-state index contributed by atoms with van der Waals surface area (Å²) in [7, 11) is 8.22. The van der Waals surface area contributed by atoms with Crippen molar-refractivity contribution in [2.45, 2.75) is 0 Å². The van der Waals surface area contributed by atoms with Crippen LogP contribution in [0.4, 0.5) is 0 Å². The fourth-order valence-electron chi connectivity index (χ4n) is 0.342. The number of aromatic amines is 1. The van der Waals surface area contributed by atoms with Crippen molar-refractivity contribution >= 4 is 21.7 Å². The largest absolute Gasteiger partial charge is 1.00 e. The van der Waals surface area contributed by atoms with Crippen LogP contribution in [0.2, 0.25) is 0 Å². The van der Waals surface area contributed by atoms with Crippen LogP contribution in [0.25, 0.3) is 0 Å². The first-order valence-electron chi connectivity index (χ1n) is 2.05. The molecule has 4 heteroatoms. The van der Waals surface area contributed by atoms with Crippen LogP contribution in [0, 0.1) is 0 Å². The summed E-state index contributed by atoms with van der Waals surface area (Å²) in [4.78, 5) is 2.89. The van der Waals surface area contributed by atoms with Crippen LogP contribution in [0.1, 0.15) is 0 Å². The smallest absolute Gasteiger partial charge is 0.166 e. The normalized spacial score (nSPS) is 6.00. The Bertz CT molecular complexity index is 86.9. The van der Waals surface area contributed by atoms with Gasteiger partial charge in [-0.05, 0) is 0 Å². The molecule has 0 bridgehead atoms. The Hall–Kier alpha value is 0.210. The molecular formula is C5H6BrCl2N. The second-order valence-corrected chi connectivity index (χ2v) is 1.08. The van der Waals surface area contributed by atoms with Crippen LogP contribution in [-0.4, -0.2) is 0 Å². The lowest BCUT2D eigenvalue weighted by Gasteiger charge is -1.63. The van der Waals surface area contributed by atoms with Crippen LogP contribution in [-0.2, 0) is 0 Å². The molecule has 9 heavy (non-hydrogen) atoms. The number of nitrogens with one attached hydrogen (secondary N) is 1. The molecule has 0 spiro atoms. The summed E-state index contributed by atoms with van der Waals surface area (Å²) < 4.78 is 0. The zero-order valence-electron chi connectivity index (χ0n) is 4.52. The van der Waals surface area contributed by atoms with Gasteiger partial charge in [-0.2, -0.15) is 0 Å². The minimum Gasteiger partial charge on any atom is -1.00 e. The average Bonchev–Trinajstić information content (AvgIpc) is 1.96. The van der Waals surface area contributed by atoms with Gasteiger partial charge >= 0.3 is 0 Å². The Labute approximate surface area is 74.4 Å². The molecule has 1 aromatic rings. The van der Waals surface area contributed by atoms with Crippen molar-refractivity contribution in [2.24, 2.45) is 0 Å². The van der Waals surface area contributed by atoms with Crippen LogP contribution < -0.4 is 22.0 Å². The van der Waals surface area contributed by atoms with E-state index in [1.54, 1.807) is 0 Å². The molecule has 1 aromatic heterocycles. The predicted molar refractivity (Wildman–Crippen MR) is 34.7 cm³/mol. The molecule has 0 radical (unpaired) electrons. The van der Waals surface area contributed by atoms with E-state index in [-0.39, 0.29) is 17.0 Å². The number of halogens is 3. The maximum Gasteiger partial charge on any atom is 0.166 e. The highest BCUT2D eigenvalue weighted by molar-refractivity contribution is 6.85. The lowest BCUT2D eigenvalue weighted by molar-refractivity contribution is -0.377. The molecule has 0 amide bonds. The van der Waals surface area contributed by atoms with Crippen molar-refractivity contribution in [1.82, 2.24) is 0 Å². The molecule has 0 unspecified atom stereocenters. The molecule has 0 aliphatic heterocycles. The molecule has 1 nitrogen and oxygen atoms in total. The third kappa shape index (κ3) is 8.21. The number of H-pyrrole nitrogens is 1. The lowest BCUT2D eigenvalue weighted by atomic mass is 10.5. The van der Waals surface area contributed by atoms with Crippen LogP contribution in [0.5, 0.6) is 0 Å². The van der Waals surface area contributed by atoms with Crippen molar-refractivity contribution in [1.29, 1.82) is 0 Å². The molecule has 0 fully saturated rings. The topological polar surface area (TPSA) is 14.1 Å². The highest BCUT2D eigenvalue weighted by Crippen LogP contribution is 1.69. The Morgan fingerprint density at radius 3 is 1.44 bits per heavy atom. The average molecular weight is 231 g/mol. The molecule has 1 heterocycles. The minimum atomic E-state index is 0. The second kappa shape index (κ2) is 11.1. The minimum absolute atomic E-state index is 0. The first kappa shape index (κ1) is 11.9. The van der Waals surface area contributed by atoms with E-state index >= 15 is 0 Å². The van der Waals surface area contributed by atoms with E-state index in [2.05, 4.69) is 26.7 Å². The van der Waals surface area contributed by atoms with Crippen LogP contribution in [0.3, 0.4) is 0 Å². The van der Waals surface area contributed by atoms with E-state index in [1.165, 1.54) is 0 Å². The summed E-state index contributed by atoms with van der Waals surface area (Å²) in [5.41, 5.74) is 0. The first-order valence-corrected chi connectivity index (χ1v) is 3.20. The number of pyridine rings is 1. The predicted octanol–water partition coefficient (Wildman–Crippen LogP) is -1.12. The zero-order chi connectivity index (χ0) is 6.24. The molecular weight excluding hydrogens is 225 g/mol. The summed E-state index contributed by atoms with van der Waals surface area (Å²) in [5, 5.41) is 0. The standard InChI is InChI=1S/C5H5N.BrH.Cl2/c1-2-4-6-5-3-1;;1-2/h1-5H;1H;. The quantitative estimate of drug-likeness (QED) is 0.537. The Balaban J connectivity index is 0. The number of aromatic nitrogens is 1. The SMILES string of the molecule is ClCl.[Br-].c1cc[nH+]cc1. The second-order valence-electron chi connectivity index (χ2n) is 1.08. The summed E-state index contributed by atoms with van der Waals surface area (Å²) in [6, 6.07) is 5.86. The summed E-state index contributed by atoms with van der Waals surface area (Å²) in [6.45, 7) is 0. The third-order valence-corrected chi connectivity index (χ3v) is 0.607. The molecule has 1 rings (SSSR count). The highest BCUT2D eigenvalue weighted by atomic mass is 79.9. The van der Waals surface area contributed by atoms with Gasteiger partial charge in [-0.15, -0.1) is 0 Å². The molecule has 0 aliphatic carbocycles. The Kier molecular flexibility index (Phi) is 14.7. The molecule has 0 atom stereocenters. The summed E-state index contributed by atoms with van der Waals surface area (Å²) in [6.07, 6.45) is 3.75. The van der Waals surface area contributed by atoms with Crippen molar-refractivity contribution < 1.29 is 22.0 Å². The van der Waals surface area contributed by atoms with Crippen LogP contribution >= 0.6 is 21.7 Å². The van der Waals surface area contributed by atoms with E-state index in [0.29, 0.717) is 0 Å². The molecule has 0 saturated carbocycles. The fraction of sp³-hybridized carbons (Fsp3) is 0. The molecule has 52 valence electrons. The van der Waals surface area contributed by atoms with Gasteiger partial charge in [0.25, 0.3) is 0 Å². The number of hydrogen-bond acceptors (Lipinski definition) is 0. The number of rotatable bonds is 0. The van der Waals surface area contributed by atoms with E-state index in [4.69, 9.17) is 0 Å². The van der Waals surface area contributed by atoms with Gasteiger partial charge < -0.3 is 17.0 Å². The number of hydrogen-bond donors (Lipinski definition) is 0. The first-order chi connectivity index (χ1) is 4.00. The molecule has 0 aromatic carbocycles. The zero-order valence-corrected chi connectivity index (χ0v) is 7.62.